The van der Waals surface area contributed by atoms with Gasteiger partial charge in [0.05, 0.1) is 0 Å². The molecule has 1 amide bonds. The molecule has 0 saturated carbocycles. The fraction of sp³-hybridized carbons (Fsp3) is 0.941. The summed E-state index contributed by atoms with van der Waals surface area (Å²) >= 11 is 0. The Hall–Kier alpha value is -0.570. The topological polar surface area (TPSA) is 23.6 Å². The summed E-state index contributed by atoms with van der Waals surface area (Å²) in [5, 5.41) is 0. The molecule has 0 spiro atoms. The minimum Gasteiger partial charge on any atom is -0.346 e. The smallest absolute Gasteiger partial charge is 0.222 e. The van der Waals surface area contributed by atoms with E-state index < -0.39 is 0 Å². The van der Waals surface area contributed by atoms with Gasteiger partial charge in [0.25, 0.3) is 0 Å². The number of amides is 1. The monoisotopic (exact) mass is 284 g/mol. The largest absolute Gasteiger partial charge is 0.346 e. The lowest BCUT2D eigenvalue weighted by Crippen LogP contribution is -2.27. The second kappa shape index (κ2) is 12.2. The molecule has 0 heterocycles. The van der Waals surface area contributed by atoms with Crippen LogP contribution in [0.2, 0.25) is 0 Å². The molecule has 0 aromatic rings. The van der Waals surface area contributed by atoms with Crippen molar-refractivity contribution in [2.24, 2.45) is 0 Å². The third-order valence-electron chi connectivity index (χ3n) is 4.06. The van der Waals surface area contributed by atoms with Crippen LogP contribution in [-0.4, -0.2) is 48.9 Å². The van der Waals surface area contributed by atoms with E-state index in [0.29, 0.717) is 11.9 Å². The first kappa shape index (κ1) is 19.4. The standard InChI is InChI=1S/C17H36N2O/c1-6-7-11-15-19(5)17(20)13-10-8-9-12-14-18(4)16(2)3/h16H,6-15H2,1-5H3. The first-order valence-electron chi connectivity index (χ1n) is 8.43. The van der Waals surface area contributed by atoms with Crippen LogP contribution in [-0.2, 0) is 4.79 Å². The highest BCUT2D eigenvalue weighted by Gasteiger charge is 2.07. The summed E-state index contributed by atoms with van der Waals surface area (Å²) in [6.45, 7) is 8.74. The highest BCUT2D eigenvalue weighted by molar-refractivity contribution is 5.75. The fourth-order valence-electron chi connectivity index (χ4n) is 2.16. The molecule has 0 atom stereocenters. The fourth-order valence-corrected chi connectivity index (χ4v) is 2.16. The Balaban J connectivity index is 3.47. The van der Waals surface area contributed by atoms with Gasteiger partial charge >= 0.3 is 0 Å². The van der Waals surface area contributed by atoms with Crippen molar-refractivity contribution in [1.29, 1.82) is 0 Å². The van der Waals surface area contributed by atoms with Gasteiger partial charge in [0.15, 0.2) is 0 Å². The lowest BCUT2D eigenvalue weighted by atomic mass is 10.1. The van der Waals surface area contributed by atoms with Gasteiger partial charge in [-0.1, -0.05) is 32.6 Å². The van der Waals surface area contributed by atoms with Crippen LogP contribution in [0.1, 0.15) is 72.1 Å². The zero-order chi connectivity index (χ0) is 15.4. The van der Waals surface area contributed by atoms with Gasteiger partial charge in [-0.05, 0) is 46.7 Å². The zero-order valence-electron chi connectivity index (χ0n) is 14.5. The third kappa shape index (κ3) is 10.2. The number of rotatable bonds is 12. The van der Waals surface area contributed by atoms with Crippen LogP contribution < -0.4 is 0 Å². The maximum absolute atomic E-state index is 11.9. The van der Waals surface area contributed by atoms with Crippen molar-refractivity contribution < 1.29 is 4.79 Å². The van der Waals surface area contributed by atoms with E-state index in [9.17, 15) is 4.79 Å². The van der Waals surface area contributed by atoms with Crippen LogP contribution in [0.25, 0.3) is 0 Å². The first-order chi connectivity index (χ1) is 9.49. The summed E-state index contributed by atoms with van der Waals surface area (Å²) in [5.74, 6) is 0.320. The van der Waals surface area contributed by atoms with Crippen LogP contribution in [0.4, 0.5) is 0 Å². The molecule has 0 aliphatic rings. The Morgan fingerprint density at radius 2 is 1.50 bits per heavy atom. The Labute approximate surface area is 126 Å². The molecule has 0 aliphatic heterocycles. The molecule has 0 fully saturated rings. The van der Waals surface area contributed by atoms with Crippen LogP contribution in [0.5, 0.6) is 0 Å². The Bertz CT molecular complexity index is 241. The molecule has 20 heavy (non-hydrogen) atoms. The molecule has 0 unspecified atom stereocenters. The average molecular weight is 284 g/mol. The van der Waals surface area contributed by atoms with Gasteiger partial charge in [0, 0.05) is 26.1 Å². The normalized spacial score (nSPS) is 11.3. The van der Waals surface area contributed by atoms with Gasteiger partial charge in [-0.2, -0.15) is 0 Å². The van der Waals surface area contributed by atoms with E-state index in [1.165, 1.54) is 38.6 Å². The number of carbonyl (C=O) groups is 1. The van der Waals surface area contributed by atoms with Crippen LogP contribution in [0, 0.1) is 0 Å². The number of hydrogen-bond donors (Lipinski definition) is 0. The Morgan fingerprint density at radius 1 is 0.900 bits per heavy atom. The SMILES string of the molecule is CCCCCN(C)C(=O)CCCCCCN(C)C(C)C. The second-order valence-electron chi connectivity index (χ2n) is 6.26. The summed E-state index contributed by atoms with van der Waals surface area (Å²) in [5.41, 5.74) is 0. The van der Waals surface area contributed by atoms with Crippen LogP contribution in [0.3, 0.4) is 0 Å². The van der Waals surface area contributed by atoms with Crippen molar-refractivity contribution in [2.75, 3.05) is 27.2 Å². The number of hydrogen-bond acceptors (Lipinski definition) is 2. The average Bonchev–Trinajstić information content (AvgIpc) is 2.41. The van der Waals surface area contributed by atoms with E-state index in [-0.39, 0.29) is 0 Å². The minimum absolute atomic E-state index is 0.320. The predicted molar refractivity (Wildman–Crippen MR) is 88.0 cm³/mol. The van der Waals surface area contributed by atoms with Gasteiger partial charge in [-0.15, -0.1) is 0 Å². The quantitative estimate of drug-likeness (QED) is 0.507. The van der Waals surface area contributed by atoms with Crippen molar-refractivity contribution >= 4 is 5.91 Å². The highest BCUT2D eigenvalue weighted by atomic mass is 16.2. The lowest BCUT2D eigenvalue weighted by molar-refractivity contribution is -0.130. The van der Waals surface area contributed by atoms with E-state index in [2.05, 4.69) is 32.7 Å². The van der Waals surface area contributed by atoms with Crippen LogP contribution >= 0.6 is 0 Å². The van der Waals surface area contributed by atoms with E-state index in [1.54, 1.807) is 0 Å². The predicted octanol–water partition coefficient (Wildman–Crippen LogP) is 3.93. The van der Waals surface area contributed by atoms with Gasteiger partial charge < -0.3 is 9.80 Å². The Kier molecular flexibility index (Phi) is 11.8. The highest BCUT2D eigenvalue weighted by Crippen LogP contribution is 2.07. The van der Waals surface area contributed by atoms with E-state index in [1.807, 2.05) is 11.9 Å². The maximum atomic E-state index is 11.9. The van der Waals surface area contributed by atoms with Gasteiger partial charge in [0.1, 0.15) is 0 Å². The Morgan fingerprint density at radius 3 is 2.10 bits per heavy atom. The van der Waals surface area contributed by atoms with Crippen molar-refractivity contribution in [1.82, 2.24) is 9.80 Å². The van der Waals surface area contributed by atoms with E-state index in [4.69, 9.17) is 0 Å². The summed E-state index contributed by atoms with van der Waals surface area (Å²) in [6.07, 6.45) is 9.01. The molecule has 3 nitrogen and oxygen atoms in total. The second-order valence-corrected chi connectivity index (χ2v) is 6.26. The first-order valence-corrected chi connectivity index (χ1v) is 8.43. The number of unbranched alkanes of at least 4 members (excludes halogenated alkanes) is 5. The molecule has 0 saturated heterocycles. The number of nitrogens with zero attached hydrogens (tertiary/aromatic N) is 2. The van der Waals surface area contributed by atoms with Gasteiger partial charge in [-0.3, -0.25) is 4.79 Å². The van der Waals surface area contributed by atoms with Crippen molar-refractivity contribution in [3.8, 4) is 0 Å². The summed E-state index contributed by atoms with van der Waals surface area (Å²) in [4.78, 5) is 16.2. The molecule has 0 N–H and O–H groups in total. The summed E-state index contributed by atoms with van der Waals surface area (Å²) < 4.78 is 0. The molecule has 0 bridgehead atoms. The molecule has 3 heteroatoms. The third-order valence-corrected chi connectivity index (χ3v) is 4.06. The molecule has 0 aliphatic carbocycles. The zero-order valence-corrected chi connectivity index (χ0v) is 14.5. The molecular formula is C17H36N2O. The van der Waals surface area contributed by atoms with Crippen molar-refractivity contribution in [3.63, 3.8) is 0 Å². The minimum atomic E-state index is 0.320. The molecule has 0 aromatic carbocycles. The van der Waals surface area contributed by atoms with Crippen LogP contribution in [0.15, 0.2) is 0 Å². The molecule has 0 radical (unpaired) electrons. The lowest BCUT2D eigenvalue weighted by Gasteiger charge is -2.20. The van der Waals surface area contributed by atoms with Crippen molar-refractivity contribution in [3.05, 3.63) is 0 Å². The summed E-state index contributed by atoms with van der Waals surface area (Å²) in [6, 6.07) is 0.633. The molecule has 0 rings (SSSR count). The van der Waals surface area contributed by atoms with Gasteiger partial charge in [-0.25, -0.2) is 0 Å². The summed E-state index contributed by atoms with van der Waals surface area (Å²) in [7, 11) is 4.12. The molecule has 0 aromatic heterocycles. The molecular weight excluding hydrogens is 248 g/mol. The number of carbonyl (C=O) groups excluding carboxylic acids is 1. The van der Waals surface area contributed by atoms with E-state index >= 15 is 0 Å². The van der Waals surface area contributed by atoms with Crippen molar-refractivity contribution in [2.45, 2.75) is 78.2 Å². The maximum Gasteiger partial charge on any atom is 0.222 e. The van der Waals surface area contributed by atoms with E-state index in [0.717, 1.165) is 25.8 Å². The van der Waals surface area contributed by atoms with Gasteiger partial charge in [0.2, 0.25) is 5.91 Å². The molecule has 120 valence electrons.